The van der Waals surface area contributed by atoms with Crippen molar-refractivity contribution in [1.29, 1.82) is 0 Å². The second-order valence-corrected chi connectivity index (χ2v) is 8.49. The van der Waals surface area contributed by atoms with Crippen molar-refractivity contribution in [3.63, 3.8) is 0 Å². The third-order valence-electron chi connectivity index (χ3n) is 6.72. The predicted octanol–water partition coefficient (Wildman–Crippen LogP) is 4.45. The van der Waals surface area contributed by atoms with Gasteiger partial charge in [-0.1, -0.05) is 66.7 Å². The fourth-order valence-electron chi connectivity index (χ4n) is 5.31. The lowest BCUT2D eigenvalue weighted by Gasteiger charge is -2.39. The second-order valence-electron chi connectivity index (χ2n) is 8.49. The summed E-state index contributed by atoms with van der Waals surface area (Å²) < 4.78 is 0. The molecule has 0 saturated carbocycles. The normalized spacial score (nSPS) is 21.3. The fraction of sp³-hybridized carbons (Fsp3) is 0.185. The van der Waals surface area contributed by atoms with Crippen molar-refractivity contribution in [2.45, 2.75) is 24.9 Å². The van der Waals surface area contributed by atoms with Crippen LogP contribution in [-0.4, -0.2) is 34.3 Å². The van der Waals surface area contributed by atoms with E-state index in [1.54, 1.807) is 0 Å². The van der Waals surface area contributed by atoms with E-state index in [1.165, 1.54) is 15.8 Å². The summed E-state index contributed by atoms with van der Waals surface area (Å²) in [5.41, 5.74) is 5.31. The molecular formula is C27H23N3O2. The molecule has 1 aromatic heterocycles. The van der Waals surface area contributed by atoms with Gasteiger partial charge in [-0.2, -0.15) is 0 Å². The van der Waals surface area contributed by atoms with Crippen LogP contribution in [0.25, 0.3) is 10.9 Å². The maximum atomic E-state index is 13.5. The van der Waals surface area contributed by atoms with Crippen LogP contribution in [0.2, 0.25) is 0 Å². The first kappa shape index (κ1) is 19.0. The molecule has 1 N–H and O–H groups in total. The molecule has 0 bridgehead atoms. The van der Waals surface area contributed by atoms with Gasteiger partial charge in [-0.15, -0.1) is 0 Å². The first-order chi connectivity index (χ1) is 15.7. The summed E-state index contributed by atoms with van der Waals surface area (Å²) in [6.07, 6.45) is 1.04. The average molecular weight is 422 g/mol. The highest BCUT2D eigenvalue weighted by molar-refractivity contribution is 6.22. The molecule has 2 aliphatic rings. The Morgan fingerprint density at radius 3 is 2.28 bits per heavy atom. The van der Waals surface area contributed by atoms with Crippen LogP contribution in [0.3, 0.4) is 0 Å². The third kappa shape index (κ3) is 2.89. The van der Waals surface area contributed by atoms with Gasteiger partial charge < -0.3 is 4.98 Å². The Morgan fingerprint density at radius 2 is 1.50 bits per heavy atom. The Labute approximate surface area is 186 Å². The summed E-state index contributed by atoms with van der Waals surface area (Å²) in [6, 6.07) is 27.3. The number of carbonyl (C=O) groups excluding carboxylic acids is 2. The summed E-state index contributed by atoms with van der Waals surface area (Å²) in [6.45, 7) is 0.723. The van der Waals surface area contributed by atoms with Gasteiger partial charge in [-0.25, -0.2) is 4.90 Å². The molecule has 3 heterocycles. The molecule has 0 radical (unpaired) electrons. The lowest BCUT2D eigenvalue weighted by Crippen LogP contribution is -2.47. The Balaban J connectivity index is 1.45. The summed E-state index contributed by atoms with van der Waals surface area (Å²) in [4.78, 5) is 33.7. The van der Waals surface area contributed by atoms with Crippen LogP contribution in [-0.2, 0) is 16.0 Å². The van der Waals surface area contributed by atoms with Gasteiger partial charge in [0.1, 0.15) is 0 Å². The van der Waals surface area contributed by atoms with E-state index in [0.717, 1.165) is 29.7 Å². The summed E-state index contributed by atoms with van der Waals surface area (Å²) in [7, 11) is 0. The van der Waals surface area contributed by atoms with E-state index in [4.69, 9.17) is 0 Å². The van der Waals surface area contributed by atoms with Crippen LogP contribution in [0.1, 0.15) is 29.3 Å². The van der Waals surface area contributed by atoms with Gasteiger partial charge in [0.25, 0.3) is 5.91 Å². The zero-order chi connectivity index (χ0) is 21.7. The number of anilines is 1. The van der Waals surface area contributed by atoms with E-state index in [0.29, 0.717) is 5.69 Å². The molecule has 6 rings (SSSR count). The number of benzene rings is 3. The van der Waals surface area contributed by atoms with E-state index < -0.39 is 6.04 Å². The van der Waals surface area contributed by atoms with Gasteiger partial charge in [0.05, 0.1) is 24.2 Å². The number of aromatic amines is 1. The van der Waals surface area contributed by atoms with Crippen LogP contribution in [0, 0.1) is 0 Å². The highest BCUT2D eigenvalue weighted by atomic mass is 16.2. The first-order valence-corrected chi connectivity index (χ1v) is 11.0. The number of imide groups is 1. The minimum Gasteiger partial charge on any atom is -0.357 e. The van der Waals surface area contributed by atoms with E-state index in [-0.39, 0.29) is 24.3 Å². The molecule has 4 aromatic rings. The van der Waals surface area contributed by atoms with Crippen molar-refractivity contribution in [3.8, 4) is 0 Å². The SMILES string of the molecule is O=C1C[C@H](N2CCc3c([nH]c4ccccc34)[C@H]2c2ccccc2)C(=O)N1c1ccccc1. The quantitative estimate of drug-likeness (QED) is 0.498. The lowest BCUT2D eigenvalue weighted by atomic mass is 9.90. The molecule has 5 nitrogen and oxygen atoms in total. The van der Waals surface area contributed by atoms with Crippen LogP contribution in [0.15, 0.2) is 84.9 Å². The highest BCUT2D eigenvalue weighted by Gasteiger charge is 2.46. The largest absolute Gasteiger partial charge is 0.357 e. The Bertz CT molecular complexity index is 1310. The molecule has 5 heteroatoms. The molecule has 1 fully saturated rings. The Hall–Kier alpha value is -3.70. The lowest BCUT2D eigenvalue weighted by molar-refractivity contribution is -0.123. The third-order valence-corrected chi connectivity index (χ3v) is 6.72. The van der Waals surface area contributed by atoms with E-state index in [9.17, 15) is 9.59 Å². The summed E-state index contributed by atoms with van der Waals surface area (Å²) >= 11 is 0. The maximum absolute atomic E-state index is 13.5. The molecular weight excluding hydrogens is 398 g/mol. The Morgan fingerprint density at radius 1 is 0.812 bits per heavy atom. The number of nitrogens with zero attached hydrogens (tertiary/aromatic N) is 2. The predicted molar refractivity (Wildman–Crippen MR) is 124 cm³/mol. The number of fused-ring (bicyclic) bond motifs is 3. The molecule has 0 unspecified atom stereocenters. The molecule has 0 spiro atoms. The zero-order valence-corrected chi connectivity index (χ0v) is 17.6. The van der Waals surface area contributed by atoms with Crippen LogP contribution in [0.5, 0.6) is 0 Å². The maximum Gasteiger partial charge on any atom is 0.251 e. The van der Waals surface area contributed by atoms with Crippen molar-refractivity contribution in [1.82, 2.24) is 9.88 Å². The molecule has 3 aromatic carbocycles. The topological polar surface area (TPSA) is 56.4 Å². The monoisotopic (exact) mass is 421 g/mol. The summed E-state index contributed by atoms with van der Waals surface area (Å²) in [5.74, 6) is -0.276. The molecule has 158 valence electrons. The minimum atomic E-state index is -0.479. The van der Waals surface area contributed by atoms with Crippen LogP contribution < -0.4 is 4.90 Å². The molecule has 2 atom stereocenters. The number of para-hydroxylation sites is 2. The average Bonchev–Trinajstić information content (AvgIpc) is 3.36. The van der Waals surface area contributed by atoms with Gasteiger partial charge in [-0.05, 0) is 35.7 Å². The van der Waals surface area contributed by atoms with Crippen molar-refractivity contribution in [3.05, 3.63) is 102 Å². The van der Waals surface area contributed by atoms with E-state index >= 15 is 0 Å². The molecule has 2 aliphatic heterocycles. The highest BCUT2D eigenvalue weighted by Crippen LogP contribution is 2.41. The van der Waals surface area contributed by atoms with E-state index in [2.05, 4.69) is 40.2 Å². The minimum absolute atomic E-state index is 0.107. The van der Waals surface area contributed by atoms with Gasteiger partial charge >= 0.3 is 0 Å². The van der Waals surface area contributed by atoms with Gasteiger partial charge in [0.15, 0.2) is 0 Å². The number of aromatic nitrogens is 1. The van der Waals surface area contributed by atoms with Gasteiger partial charge in [-0.3, -0.25) is 14.5 Å². The Kier molecular flexibility index (Phi) is 4.44. The molecule has 1 saturated heterocycles. The van der Waals surface area contributed by atoms with Crippen molar-refractivity contribution in [2.24, 2.45) is 0 Å². The summed E-state index contributed by atoms with van der Waals surface area (Å²) in [5, 5.41) is 1.24. The van der Waals surface area contributed by atoms with Gasteiger partial charge in [0, 0.05) is 23.1 Å². The van der Waals surface area contributed by atoms with Crippen molar-refractivity contribution in [2.75, 3.05) is 11.4 Å². The van der Waals surface area contributed by atoms with Crippen LogP contribution in [0.4, 0.5) is 5.69 Å². The number of rotatable bonds is 3. The van der Waals surface area contributed by atoms with Crippen molar-refractivity contribution >= 4 is 28.4 Å². The zero-order valence-electron chi connectivity index (χ0n) is 17.6. The molecule has 0 aliphatic carbocycles. The molecule has 2 amide bonds. The van der Waals surface area contributed by atoms with E-state index in [1.807, 2.05) is 54.6 Å². The second kappa shape index (κ2) is 7.46. The number of carbonyl (C=O) groups is 2. The number of hydrogen-bond acceptors (Lipinski definition) is 3. The van der Waals surface area contributed by atoms with Crippen molar-refractivity contribution < 1.29 is 9.59 Å². The molecule has 32 heavy (non-hydrogen) atoms. The standard InChI is InChI=1S/C27H23N3O2/c31-24-17-23(27(32)30(24)19-11-5-2-6-12-19)29-16-15-21-20-13-7-8-14-22(20)28-25(21)26(29)18-9-3-1-4-10-18/h1-14,23,26,28H,15-17H2/t23-,26+/m0/s1. The number of amides is 2. The number of H-pyrrole nitrogens is 1. The van der Waals surface area contributed by atoms with Gasteiger partial charge in [0.2, 0.25) is 5.91 Å². The first-order valence-electron chi connectivity index (χ1n) is 11.0. The van der Waals surface area contributed by atoms with Crippen LogP contribution >= 0.6 is 0 Å². The number of nitrogens with one attached hydrogen (secondary N) is 1. The fourth-order valence-corrected chi connectivity index (χ4v) is 5.31. The number of hydrogen-bond donors (Lipinski definition) is 1. The smallest absolute Gasteiger partial charge is 0.251 e.